The van der Waals surface area contributed by atoms with Gasteiger partial charge in [-0.05, 0) is 42.8 Å². The Balaban J connectivity index is 2.13. The van der Waals surface area contributed by atoms with Crippen LogP contribution in [0, 0.1) is 5.82 Å². The summed E-state index contributed by atoms with van der Waals surface area (Å²) in [4.78, 5) is 11.4. The maximum absolute atomic E-state index is 13.0. The van der Waals surface area contributed by atoms with Gasteiger partial charge in [-0.25, -0.2) is 4.39 Å². The highest BCUT2D eigenvalue weighted by atomic mass is 19.1. The van der Waals surface area contributed by atoms with Crippen molar-refractivity contribution in [1.29, 1.82) is 0 Å². The van der Waals surface area contributed by atoms with E-state index in [1.165, 1.54) is 25.3 Å². The Hall–Kier alpha value is -2.42. The summed E-state index contributed by atoms with van der Waals surface area (Å²) in [6, 6.07) is 13.1. The second-order valence-electron chi connectivity index (χ2n) is 4.03. The van der Waals surface area contributed by atoms with Crippen LogP contribution in [0.5, 0.6) is 5.75 Å². The second-order valence-corrected chi connectivity index (χ2v) is 4.03. The lowest BCUT2D eigenvalue weighted by atomic mass is 10.1. The SMILES string of the molecule is CC(=O)c1ccccc1OC=Cc1cccc(F)c1. The number of ether oxygens (including phenoxy) is 1. The van der Waals surface area contributed by atoms with Crippen LogP contribution in [0.1, 0.15) is 22.8 Å². The largest absolute Gasteiger partial charge is 0.464 e. The predicted molar refractivity (Wildman–Crippen MR) is 72.5 cm³/mol. The van der Waals surface area contributed by atoms with Gasteiger partial charge in [0.05, 0.1) is 11.8 Å². The van der Waals surface area contributed by atoms with Crippen LogP contribution in [-0.2, 0) is 0 Å². The van der Waals surface area contributed by atoms with Crippen molar-refractivity contribution in [2.45, 2.75) is 6.92 Å². The van der Waals surface area contributed by atoms with Crippen molar-refractivity contribution in [2.75, 3.05) is 0 Å². The lowest BCUT2D eigenvalue weighted by Gasteiger charge is -2.04. The van der Waals surface area contributed by atoms with Crippen LogP contribution >= 0.6 is 0 Å². The molecular formula is C16H13FO2. The maximum atomic E-state index is 13.0. The van der Waals surface area contributed by atoms with E-state index in [9.17, 15) is 9.18 Å². The van der Waals surface area contributed by atoms with E-state index in [1.807, 2.05) is 0 Å². The molecule has 0 aliphatic rings. The predicted octanol–water partition coefficient (Wildman–Crippen LogP) is 4.08. The number of rotatable bonds is 4. The van der Waals surface area contributed by atoms with Gasteiger partial charge in [-0.1, -0.05) is 24.3 Å². The number of carbonyl (C=O) groups is 1. The highest BCUT2D eigenvalue weighted by Crippen LogP contribution is 2.19. The number of halogens is 1. The quantitative estimate of drug-likeness (QED) is 0.608. The molecule has 2 aromatic carbocycles. The molecule has 2 nitrogen and oxygen atoms in total. The van der Waals surface area contributed by atoms with Crippen LogP contribution in [0.4, 0.5) is 4.39 Å². The number of para-hydroxylation sites is 1. The molecule has 0 spiro atoms. The van der Waals surface area contributed by atoms with E-state index in [0.29, 0.717) is 16.9 Å². The normalized spacial score (nSPS) is 10.6. The van der Waals surface area contributed by atoms with Gasteiger partial charge in [0.2, 0.25) is 0 Å². The lowest BCUT2D eigenvalue weighted by molar-refractivity contribution is 0.101. The van der Waals surface area contributed by atoms with E-state index in [0.717, 1.165) is 0 Å². The Morgan fingerprint density at radius 1 is 1.16 bits per heavy atom. The topological polar surface area (TPSA) is 26.3 Å². The molecule has 0 unspecified atom stereocenters. The molecule has 0 heterocycles. The van der Waals surface area contributed by atoms with Gasteiger partial charge in [-0.15, -0.1) is 0 Å². The highest BCUT2D eigenvalue weighted by Gasteiger charge is 2.05. The van der Waals surface area contributed by atoms with Gasteiger partial charge in [0.1, 0.15) is 11.6 Å². The zero-order chi connectivity index (χ0) is 13.7. The second kappa shape index (κ2) is 5.96. The summed E-state index contributed by atoms with van der Waals surface area (Å²) in [5.41, 5.74) is 1.21. The van der Waals surface area contributed by atoms with Crippen LogP contribution in [0.25, 0.3) is 6.08 Å². The van der Waals surface area contributed by atoms with E-state index in [2.05, 4.69) is 0 Å². The van der Waals surface area contributed by atoms with Gasteiger partial charge in [0.15, 0.2) is 5.78 Å². The van der Waals surface area contributed by atoms with E-state index >= 15 is 0 Å². The molecule has 96 valence electrons. The summed E-state index contributed by atoms with van der Waals surface area (Å²) in [6.07, 6.45) is 3.08. The molecule has 0 aliphatic heterocycles. The molecule has 0 amide bonds. The van der Waals surface area contributed by atoms with Crippen molar-refractivity contribution in [1.82, 2.24) is 0 Å². The summed E-state index contributed by atoms with van der Waals surface area (Å²) in [5, 5.41) is 0. The molecule has 0 saturated heterocycles. The number of carbonyl (C=O) groups excluding carboxylic acids is 1. The molecule has 0 aromatic heterocycles. The summed E-state index contributed by atoms with van der Waals surface area (Å²) in [5.74, 6) is 0.128. The lowest BCUT2D eigenvalue weighted by Crippen LogP contribution is -1.95. The molecule has 0 N–H and O–H groups in total. The van der Waals surface area contributed by atoms with Gasteiger partial charge in [-0.3, -0.25) is 4.79 Å². The summed E-state index contributed by atoms with van der Waals surface area (Å²) >= 11 is 0. The Labute approximate surface area is 111 Å². The zero-order valence-electron chi connectivity index (χ0n) is 10.5. The van der Waals surface area contributed by atoms with Crippen LogP contribution in [0.15, 0.2) is 54.8 Å². The minimum atomic E-state index is -0.300. The standard InChI is InChI=1S/C16H13FO2/c1-12(18)15-7-2-3-8-16(15)19-10-9-13-5-4-6-14(17)11-13/h2-11H,1H3. The third kappa shape index (κ3) is 3.52. The first-order valence-corrected chi connectivity index (χ1v) is 5.85. The first kappa shape index (κ1) is 13.0. The Bertz CT molecular complexity index is 618. The molecule has 0 aliphatic carbocycles. The number of hydrogen-bond acceptors (Lipinski definition) is 2. The Kier molecular flexibility index (Phi) is 4.08. The average Bonchev–Trinajstić information content (AvgIpc) is 2.39. The Morgan fingerprint density at radius 3 is 2.68 bits per heavy atom. The molecule has 19 heavy (non-hydrogen) atoms. The minimum absolute atomic E-state index is 0.0604. The van der Waals surface area contributed by atoms with Crippen molar-refractivity contribution >= 4 is 11.9 Å². The summed E-state index contributed by atoms with van der Waals surface area (Å²) in [7, 11) is 0. The van der Waals surface area contributed by atoms with Crippen molar-refractivity contribution in [3.05, 3.63) is 71.7 Å². The number of ketones is 1. The van der Waals surface area contributed by atoms with Crippen molar-refractivity contribution in [3.63, 3.8) is 0 Å². The first-order valence-electron chi connectivity index (χ1n) is 5.85. The van der Waals surface area contributed by atoms with E-state index in [1.54, 1.807) is 42.5 Å². The van der Waals surface area contributed by atoms with Gasteiger partial charge in [0, 0.05) is 0 Å². The Morgan fingerprint density at radius 2 is 1.95 bits per heavy atom. The molecule has 2 rings (SSSR count). The van der Waals surface area contributed by atoms with Crippen molar-refractivity contribution in [3.8, 4) is 5.75 Å². The fraction of sp³-hybridized carbons (Fsp3) is 0.0625. The van der Waals surface area contributed by atoms with E-state index in [4.69, 9.17) is 4.74 Å². The maximum Gasteiger partial charge on any atom is 0.163 e. The van der Waals surface area contributed by atoms with E-state index < -0.39 is 0 Å². The first-order chi connectivity index (χ1) is 9.16. The number of benzene rings is 2. The molecule has 0 atom stereocenters. The van der Waals surface area contributed by atoms with Gasteiger partial charge >= 0.3 is 0 Å². The van der Waals surface area contributed by atoms with Crippen LogP contribution in [0.3, 0.4) is 0 Å². The molecule has 0 bridgehead atoms. The highest BCUT2D eigenvalue weighted by molar-refractivity contribution is 5.96. The molecule has 0 radical (unpaired) electrons. The smallest absolute Gasteiger partial charge is 0.163 e. The average molecular weight is 256 g/mol. The third-order valence-electron chi connectivity index (χ3n) is 2.57. The summed E-state index contributed by atoms with van der Waals surface area (Å²) in [6.45, 7) is 1.48. The van der Waals surface area contributed by atoms with Crippen LogP contribution in [-0.4, -0.2) is 5.78 Å². The third-order valence-corrected chi connectivity index (χ3v) is 2.57. The fourth-order valence-electron chi connectivity index (χ4n) is 1.66. The molecule has 2 aromatic rings. The number of hydrogen-bond donors (Lipinski definition) is 0. The molecule has 0 fully saturated rings. The monoisotopic (exact) mass is 256 g/mol. The molecule has 0 saturated carbocycles. The molecule has 3 heteroatoms. The van der Waals surface area contributed by atoms with Crippen LogP contribution < -0.4 is 4.74 Å². The van der Waals surface area contributed by atoms with Crippen molar-refractivity contribution < 1.29 is 13.9 Å². The van der Waals surface area contributed by atoms with Gasteiger partial charge < -0.3 is 4.74 Å². The minimum Gasteiger partial charge on any atom is -0.464 e. The molecular weight excluding hydrogens is 243 g/mol. The van der Waals surface area contributed by atoms with Gasteiger partial charge in [0.25, 0.3) is 0 Å². The fourth-order valence-corrected chi connectivity index (χ4v) is 1.66. The summed E-state index contributed by atoms with van der Waals surface area (Å²) < 4.78 is 18.4. The van der Waals surface area contributed by atoms with E-state index in [-0.39, 0.29) is 11.6 Å². The number of Topliss-reactive ketones (excluding diaryl/α,β-unsaturated/α-hetero) is 1. The van der Waals surface area contributed by atoms with Gasteiger partial charge in [-0.2, -0.15) is 0 Å². The zero-order valence-corrected chi connectivity index (χ0v) is 10.5. The van der Waals surface area contributed by atoms with Crippen molar-refractivity contribution in [2.24, 2.45) is 0 Å². The van der Waals surface area contributed by atoms with Crippen LogP contribution in [0.2, 0.25) is 0 Å².